The molecule has 152 valence electrons. The van der Waals surface area contributed by atoms with Gasteiger partial charge in [0.1, 0.15) is 5.82 Å². The number of benzene rings is 1. The van der Waals surface area contributed by atoms with Crippen molar-refractivity contribution in [2.45, 2.75) is 88.4 Å². The van der Waals surface area contributed by atoms with Gasteiger partial charge < -0.3 is 15.5 Å². The summed E-state index contributed by atoms with van der Waals surface area (Å²) in [5.74, 6) is -0.638. The van der Waals surface area contributed by atoms with Crippen LogP contribution in [0.1, 0.15) is 74.6 Å². The third-order valence-electron chi connectivity index (χ3n) is 6.56. The van der Waals surface area contributed by atoms with Gasteiger partial charge >= 0.3 is 6.03 Å². The van der Waals surface area contributed by atoms with Crippen LogP contribution in [0.15, 0.2) is 24.3 Å². The smallest absolute Gasteiger partial charge is 0.318 e. The number of hydrogen-bond acceptors (Lipinski definition) is 2. The molecule has 0 radical (unpaired) electrons. The number of carbonyl (C=O) groups excluding carboxylic acids is 2. The van der Waals surface area contributed by atoms with Gasteiger partial charge in [0.05, 0.1) is 0 Å². The van der Waals surface area contributed by atoms with Gasteiger partial charge in [0, 0.05) is 29.7 Å². The highest BCUT2D eigenvalue weighted by Crippen LogP contribution is 2.34. The highest BCUT2D eigenvalue weighted by molar-refractivity contribution is 5.94. The normalized spacial score (nSPS) is 27.9. The minimum Gasteiger partial charge on any atom is -0.349 e. The highest BCUT2D eigenvalue weighted by Gasteiger charge is 2.41. The van der Waals surface area contributed by atoms with Crippen molar-refractivity contribution in [2.75, 3.05) is 0 Å². The summed E-state index contributed by atoms with van der Waals surface area (Å²) in [4.78, 5) is 27.5. The molecule has 3 aliphatic rings. The molecule has 2 saturated heterocycles. The topological polar surface area (TPSA) is 61.4 Å². The molecule has 1 saturated carbocycles. The van der Waals surface area contributed by atoms with Gasteiger partial charge in [-0.25, -0.2) is 9.18 Å². The van der Waals surface area contributed by atoms with Gasteiger partial charge in [-0.3, -0.25) is 4.79 Å². The van der Waals surface area contributed by atoms with Crippen molar-refractivity contribution in [3.8, 4) is 0 Å². The lowest BCUT2D eigenvalue weighted by Crippen LogP contribution is -2.61. The molecule has 2 bridgehead atoms. The molecule has 2 aliphatic heterocycles. The molecule has 2 atom stereocenters. The van der Waals surface area contributed by atoms with Gasteiger partial charge in [-0.1, -0.05) is 25.3 Å². The molecule has 1 aliphatic carbocycles. The summed E-state index contributed by atoms with van der Waals surface area (Å²) in [6, 6.07) is 6.56. The molecule has 4 rings (SSSR count). The predicted octanol–water partition coefficient (Wildman–Crippen LogP) is 3.98. The van der Waals surface area contributed by atoms with Crippen LogP contribution in [0.3, 0.4) is 0 Å². The van der Waals surface area contributed by atoms with E-state index in [2.05, 4.69) is 15.5 Å². The van der Waals surface area contributed by atoms with Gasteiger partial charge in [0.2, 0.25) is 0 Å². The third kappa shape index (κ3) is 4.31. The molecular formula is C22H30FN3O2. The maximum Gasteiger partial charge on any atom is 0.318 e. The number of rotatable bonds is 3. The second kappa shape index (κ2) is 8.50. The van der Waals surface area contributed by atoms with Crippen molar-refractivity contribution in [2.24, 2.45) is 0 Å². The predicted molar refractivity (Wildman–Crippen MR) is 106 cm³/mol. The number of fused-ring (bicyclic) bond motifs is 2. The number of amides is 3. The van der Waals surface area contributed by atoms with E-state index in [9.17, 15) is 14.0 Å². The molecule has 28 heavy (non-hydrogen) atoms. The van der Waals surface area contributed by atoms with Crippen molar-refractivity contribution in [3.05, 3.63) is 35.6 Å². The first-order valence-corrected chi connectivity index (χ1v) is 10.8. The van der Waals surface area contributed by atoms with E-state index < -0.39 is 5.82 Å². The van der Waals surface area contributed by atoms with E-state index >= 15 is 0 Å². The SMILES string of the molecule is O=C(NC1C[C@H]2CCC[C@H](C1)N2C(=O)NC1CCCCC1)c1cccc(F)c1. The summed E-state index contributed by atoms with van der Waals surface area (Å²) in [5.41, 5.74) is 0.350. The minimum atomic E-state index is -0.404. The monoisotopic (exact) mass is 387 g/mol. The van der Waals surface area contributed by atoms with E-state index in [0.717, 1.165) is 44.9 Å². The maximum atomic E-state index is 13.4. The average Bonchev–Trinajstić information content (AvgIpc) is 2.68. The summed E-state index contributed by atoms with van der Waals surface area (Å²) >= 11 is 0. The molecule has 1 aromatic rings. The van der Waals surface area contributed by atoms with Crippen LogP contribution >= 0.6 is 0 Å². The van der Waals surface area contributed by atoms with E-state index in [1.807, 2.05) is 0 Å². The van der Waals surface area contributed by atoms with Crippen molar-refractivity contribution in [1.29, 1.82) is 0 Å². The average molecular weight is 387 g/mol. The lowest BCUT2D eigenvalue weighted by atomic mass is 9.82. The zero-order chi connectivity index (χ0) is 19.5. The summed E-state index contributed by atoms with van der Waals surface area (Å²) in [6.07, 6.45) is 10.5. The Morgan fingerprint density at radius 1 is 0.893 bits per heavy atom. The van der Waals surface area contributed by atoms with Gasteiger partial charge in [0.25, 0.3) is 5.91 Å². The van der Waals surface area contributed by atoms with E-state index in [-0.39, 0.29) is 30.1 Å². The fourth-order valence-electron chi connectivity index (χ4n) is 5.23. The number of hydrogen-bond donors (Lipinski definition) is 2. The largest absolute Gasteiger partial charge is 0.349 e. The van der Waals surface area contributed by atoms with Crippen LogP contribution in [-0.4, -0.2) is 41.0 Å². The number of piperidine rings is 2. The van der Waals surface area contributed by atoms with Crippen LogP contribution < -0.4 is 10.6 Å². The van der Waals surface area contributed by atoms with Crippen molar-refractivity contribution in [1.82, 2.24) is 15.5 Å². The zero-order valence-corrected chi connectivity index (χ0v) is 16.3. The highest BCUT2D eigenvalue weighted by atomic mass is 19.1. The lowest BCUT2D eigenvalue weighted by Gasteiger charge is -2.49. The number of nitrogens with one attached hydrogen (secondary N) is 2. The van der Waals surface area contributed by atoms with Crippen LogP contribution in [0, 0.1) is 5.82 Å². The quantitative estimate of drug-likeness (QED) is 0.824. The second-order valence-electron chi connectivity index (χ2n) is 8.58. The first-order valence-electron chi connectivity index (χ1n) is 10.8. The van der Waals surface area contributed by atoms with Gasteiger partial charge in [-0.05, 0) is 63.1 Å². The van der Waals surface area contributed by atoms with Crippen LogP contribution in [0.5, 0.6) is 0 Å². The maximum absolute atomic E-state index is 13.4. The zero-order valence-electron chi connectivity index (χ0n) is 16.3. The fraction of sp³-hybridized carbons (Fsp3) is 0.636. The molecule has 1 aromatic carbocycles. The summed E-state index contributed by atoms with van der Waals surface area (Å²) in [7, 11) is 0. The Hall–Kier alpha value is -2.11. The molecule has 2 N–H and O–H groups in total. The number of carbonyl (C=O) groups is 2. The van der Waals surface area contributed by atoms with E-state index in [4.69, 9.17) is 0 Å². The third-order valence-corrected chi connectivity index (χ3v) is 6.56. The van der Waals surface area contributed by atoms with Crippen molar-refractivity contribution >= 4 is 11.9 Å². The van der Waals surface area contributed by atoms with Crippen LogP contribution in [0.2, 0.25) is 0 Å². The Bertz CT molecular complexity index is 705. The Balaban J connectivity index is 1.37. The Morgan fingerprint density at radius 2 is 1.61 bits per heavy atom. The number of halogens is 1. The lowest BCUT2D eigenvalue weighted by molar-refractivity contribution is 0.0506. The molecule has 3 fully saturated rings. The van der Waals surface area contributed by atoms with Crippen LogP contribution in [0.25, 0.3) is 0 Å². The molecule has 0 spiro atoms. The molecule has 0 aromatic heterocycles. The van der Waals surface area contributed by atoms with E-state index in [1.54, 1.807) is 12.1 Å². The molecule has 3 amide bonds. The standard InChI is InChI=1S/C22H30FN3O2/c23-16-7-4-6-15(12-16)21(27)24-18-13-19-10-5-11-20(14-18)26(19)22(28)25-17-8-2-1-3-9-17/h4,6-7,12,17-20H,1-3,5,8-11,13-14H2,(H,24,27)(H,25,28)/t19-,20-/m1/s1. The van der Waals surface area contributed by atoms with E-state index in [1.165, 1.54) is 31.4 Å². The summed E-state index contributed by atoms with van der Waals surface area (Å²) in [6.45, 7) is 0. The molecule has 5 nitrogen and oxygen atoms in total. The Labute approximate surface area is 166 Å². The molecular weight excluding hydrogens is 357 g/mol. The first kappa shape index (κ1) is 19.2. The van der Waals surface area contributed by atoms with Crippen LogP contribution in [0.4, 0.5) is 9.18 Å². The Kier molecular flexibility index (Phi) is 5.83. The molecule has 2 heterocycles. The summed E-state index contributed by atoms with van der Waals surface area (Å²) in [5, 5.41) is 6.33. The van der Waals surface area contributed by atoms with Crippen LogP contribution in [-0.2, 0) is 0 Å². The summed E-state index contributed by atoms with van der Waals surface area (Å²) < 4.78 is 13.4. The van der Waals surface area contributed by atoms with E-state index in [0.29, 0.717) is 11.6 Å². The molecule has 6 heteroatoms. The van der Waals surface area contributed by atoms with Crippen molar-refractivity contribution in [3.63, 3.8) is 0 Å². The Morgan fingerprint density at radius 3 is 2.29 bits per heavy atom. The van der Waals surface area contributed by atoms with Gasteiger partial charge in [-0.15, -0.1) is 0 Å². The fourth-order valence-corrected chi connectivity index (χ4v) is 5.23. The number of urea groups is 1. The first-order chi connectivity index (χ1) is 13.6. The molecule has 0 unspecified atom stereocenters. The minimum absolute atomic E-state index is 0.0322. The van der Waals surface area contributed by atoms with Gasteiger partial charge in [0.15, 0.2) is 0 Å². The second-order valence-corrected chi connectivity index (χ2v) is 8.58. The van der Waals surface area contributed by atoms with Gasteiger partial charge in [-0.2, -0.15) is 0 Å². The number of nitrogens with zero attached hydrogens (tertiary/aromatic N) is 1. The van der Waals surface area contributed by atoms with Crippen molar-refractivity contribution < 1.29 is 14.0 Å².